The molecule has 1 aromatic carbocycles. The quantitative estimate of drug-likeness (QED) is 0.0391. The van der Waals surface area contributed by atoms with E-state index in [1.54, 1.807) is 13.1 Å². The van der Waals surface area contributed by atoms with E-state index in [9.17, 15) is 24.3 Å². The number of amides is 4. The number of aliphatic hydroxyl groups is 1. The van der Waals surface area contributed by atoms with Gasteiger partial charge in [-0.25, -0.2) is 0 Å². The fourth-order valence-corrected chi connectivity index (χ4v) is 7.23. The molecule has 10 N–H and O–H groups in total. The van der Waals surface area contributed by atoms with Crippen molar-refractivity contribution >= 4 is 23.6 Å². The number of hydrogen-bond donors (Lipinski definition) is 7. The number of unbranched alkanes of at least 4 members (excludes halogenated alkanes) is 3. The largest absolute Gasteiger partial charge is 0.493 e. The van der Waals surface area contributed by atoms with Gasteiger partial charge in [0.25, 0.3) is 0 Å². The predicted molar refractivity (Wildman–Crippen MR) is 225 cm³/mol. The van der Waals surface area contributed by atoms with Crippen LogP contribution in [-0.4, -0.2) is 103 Å². The highest BCUT2D eigenvalue weighted by molar-refractivity contribution is 5.89. The minimum atomic E-state index is -1.32. The van der Waals surface area contributed by atoms with E-state index in [1.165, 1.54) is 4.90 Å². The Morgan fingerprint density at radius 3 is 2.19 bits per heavy atom. The first kappa shape index (κ1) is 49.6. The fourth-order valence-electron chi connectivity index (χ4n) is 7.23. The number of nitrogens with two attached hydrogens (primary N) is 3. The lowest BCUT2D eigenvalue weighted by Gasteiger charge is -2.38. The molecule has 1 unspecified atom stereocenters. The number of nitrogens with zero attached hydrogens (tertiary/aromatic N) is 1. The van der Waals surface area contributed by atoms with Crippen molar-refractivity contribution in [3.63, 3.8) is 0 Å². The second-order valence-electron chi connectivity index (χ2n) is 16.2. The van der Waals surface area contributed by atoms with Gasteiger partial charge in [-0.05, 0) is 76.6 Å². The van der Waals surface area contributed by atoms with Crippen LogP contribution >= 0.6 is 0 Å². The molecular formula is C43H75N7O7. The minimum Gasteiger partial charge on any atom is -0.493 e. The van der Waals surface area contributed by atoms with Crippen LogP contribution in [0.5, 0.6) is 5.75 Å². The molecule has 1 saturated carbocycles. The van der Waals surface area contributed by atoms with Gasteiger partial charge in [0, 0.05) is 19.6 Å². The van der Waals surface area contributed by atoms with Crippen LogP contribution < -0.4 is 37.9 Å². The topological polar surface area (TPSA) is 224 Å². The molecule has 14 heteroatoms. The highest BCUT2D eigenvalue weighted by atomic mass is 16.5. The number of allylic oxidation sites excluding steroid dienone is 1. The van der Waals surface area contributed by atoms with Crippen LogP contribution in [-0.2, 0) is 30.3 Å². The second kappa shape index (κ2) is 26.4. The number of hydrogen-bond acceptors (Lipinski definition) is 10. The summed E-state index contributed by atoms with van der Waals surface area (Å²) < 4.78 is 12.3. The van der Waals surface area contributed by atoms with Crippen molar-refractivity contribution in [1.29, 1.82) is 0 Å². The summed E-state index contributed by atoms with van der Waals surface area (Å²) in [6.07, 6.45) is 9.98. The molecule has 0 aromatic heterocycles. The Kier molecular flexibility index (Phi) is 23.0. The number of carbonyl (C=O) groups is 4. The van der Waals surface area contributed by atoms with Crippen molar-refractivity contribution < 1.29 is 33.8 Å². The molecule has 2 rings (SSSR count). The normalized spacial score (nSPS) is 17.5. The Hall–Kier alpha value is -3.56. The molecule has 324 valence electrons. The molecule has 0 radical (unpaired) electrons. The highest BCUT2D eigenvalue weighted by Crippen LogP contribution is 2.28. The van der Waals surface area contributed by atoms with Crippen LogP contribution in [0.25, 0.3) is 0 Å². The van der Waals surface area contributed by atoms with E-state index in [0.29, 0.717) is 18.7 Å². The fraction of sp³-hybridized carbons (Fsp3) is 0.721. The smallest absolute Gasteiger partial charge is 0.241 e. The molecule has 0 heterocycles. The molecule has 14 nitrogen and oxygen atoms in total. The molecule has 57 heavy (non-hydrogen) atoms. The summed E-state index contributed by atoms with van der Waals surface area (Å²) in [4.78, 5) is 54.4. The van der Waals surface area contributed by atoms with Crippen molar-refractivity contribution in [3.8, 4) is 5.75 Å². The lowest BCUT2D eigenvalue weighted by molar-refractivity contribution is -0.144. The van der Waals surface area contributed by atoms with E-state index < -0.39 is 54.1 Å². The van der Waals surface area contributed by atoms with Crippen LogP contribution in [0.15, 0.2) is 35.9 Å². The summed E-state index contributed by atoms with van der Waals surface area (Å²) >= 11 is 0. The number of rotatable bonds is 27. The van der Waals surface area contributed by atoms with Crippen molar-refractivity contribution in [3.05, 3.63) is 41.5 Å². The number of ether oxygens (including phenoxy) is 2. The van der Waals surface area contributed by atoms with Gasteiger partial charge in [0.15, 0.2) is 0 Å². The molecule has 0 aliphatic heterocycles. The molecular weight excluding hydrogens is 727 g/mol. The first-order valence-corrected chi connectivity index (χ1v) is 21.1. The van der Waals surface area contributed by atoms with Crippen LogP contribution in [0.3, 0.4) is 0 Å². The van der Waals surface area contributed by atoms with Crippen molar-refractivity contribution in [2.75, 3.05) is 33.4 Å². The maximum Gasteiger partial charge on any atom is 0.241 e. The third kappa shape index (κ3) is 17.4. The van der Waals surface area contributed by atoms with Gasteiger partial charge < -0.3 is 47.3 Å². The number of carbonyl (C=O) groups excluding carboxylic acids is 4. The summed E-state index contributed by atoms with van der Waals surface area (Å²) in [6.45, 7) is 12.3. The van der Waals surface area contributed by atoms with E-state index >= 15 is 0 Å². The average Bonchev–Trinajstić information content (AvgIpc) is 3.19. The predicted octanol–water partition coefficient (Wildman–Crippen LogP) is 3.28. The number of aliphatic hydroxyl groups excluding tert-OH is 1. The zero-order valence-electron chi connectivity index (χ0n) is 35.8. The van der Waals surface area contributed by atoms with Gasteiger partial charge in [-0.2, -0.15) is 0 Å². The zero-order valence-corrected chi connectivity index (χ0v) is 35.8. The van der Waals surface area contributed by atoms with Crippen molar-refractivity contribution in [2.45, 2.75) is 149 Å². The summed E-state index contributed by atoms with van der Waals surface area (Å²) in [7, 11) is 1.65. The Balaban J connectivity index is 2.16. The van der Waals surface area contributed by atoms with Gasteiger partial charge >= 0.3 is 0 Å². The summed E-state index contributed by atoms with van der Waals surface area (Å²) in [5, 5.41) is 20.6. The third-order valence-electron chi connectivity index (χ3n) is 10.8. The minimum absolute atomic E-state index is 0.0927. The molecule has 8 atom stereocenters. The van der Waals surface area contributed by atoms with E-state index in [2.05, 4.69) is 22.9 Å². The maximum atomic E-state index is 14.3. The average molecular weight is 802 g/mol. The van der Waals surface area contributed by atoms with E-state index in [4.69, 9.17) is 26.7 Å². The molecule has 0 saturated heterocycles. The van der Waals surface area contributed by atoms with Gasteiger partial charge in [0.05, 0.1) is 43.2 Å². The Morgan fingerprint density at radius 2 is 1.61 bits per heavy atom. The highest BCUT2D eigenvalue weighted by Gasteiger charge is 2.37. The van der Waals surface area contributed by atoms with Crippen molar-refractivity contribution in [1.82, 2.24) is 20.9 Å². The van der Waals surface area contributed by atoms with Crippen LogP contribution in [0.1, 0.15) is 111 Å². The summed E-state index contributed by atoms with van der Waals surface area (Å²) in [5.74, 6) is -1.98. The lowest BCUT2D eigenvalue weighted by Crippen LogP contribution is -2.61. The van der Waals surface area contributed by atoms with Gasteiger partial charge in [0.1, 0.15) is 18.0 Å². The van der Waals surface area contributed by atoms with E-state index in [0.717, 1.165) is 75.3 Å². The van der Waals surface area contributed by atoms with Gasteiger partial charge in [-0.15, -0.1) is 0 Å². The Bertz CT molecular complexity index is 1380. The maximum absolute atomic E-state index is 14.3. The molecule has 0 spiro atoms. The number of benzene rings is 1. The zero-order chi connectivity index (χ0) is 42.5. The van der Waals surface area contributed by atoms with E-state index in [-0.39, 0.29) is 43.5 Å². The molecule has 4 amide bonds. The first-order valence-electron chi connectivity index (χ1n) is 21.1. The number of nitrogens with one attached hydrogen (secondary N) is 3. The van der Waals surface area contributed by atoms with Crippen LogP contribution in [0.2, 0.25) is 0 Å². The molecule has 1 aliphatic carbocycles. The Labute approximate surface area is 341 Å². The summed E-state index contributed by atoms with van der Waals surface area (Å²) in [6, 6.07) is 4.67. The SMILES string of the molecule is CCCCCC[C@@H](OC[C@@H](C)NC(=O)[C@@H](C)COc1ccc(CCN)cc1)[C@@H](C)C(=O)N(C)[C@@H](C=C(C)C)C(O)N[C@H](C(=O)N[C@@H](CN)C(N)=O)C1CCCCC1. The van der Waals surface area contributed by atoms with Crippen LogP contribution in [0.4, 0.5) is 0 Å². The van der Waals surface area contributed by atoms with Gasteiger partial charge in [-0.1, -0.05) is 89.5 Å². The molecule has 1 fully saturated rings. The monoisotopic (exact) mass is 802 g/mol. The number of primary amides is 1. The third-order valence-corrected chi connectivity index (χ3v) is 10.8. The van der Waals surface area contributed by atoms with Gasteiger partial charge in [0.2, 0.25) is 23.6 Å². The molecule has 1 aliphatic rings. The number of likely N-dealkylation sites (N-methyl/N-ethyl adjacent to an activating group) is 1. The second-order valence-corrected chi connectivity index (χ2v) is 16.2. The van der Waals surface area contributed by atoms with Crippen molar-refractivity contribution in [2.24, 2.45) is 35.0 Å². The standard InChI is InChI=1S/C43H75N7O7/c1-8-9-10-14-17-37(57-27-30(5)47-40(52)29(4)26-56-34-20-18-32(19-21-34)22-23-44)31(6)43(55)50(7)36(24-28(2)3)41(53)49-38(33-15-12-11-13-16-33)42(54)48-35(25-45)39(46)51/h18-21,24,29-31,33,35-38,41,49,53H,8-17,22-23,25-27,44-45H2,1-7H3,(H2,46,51)(H,47,52)(H,48,54)/t29-,30+,31+,35-,36-,37+,38-,41?/m0/s1. The first-order chi connectivity index (χ1) is 27.1. The molecule has 1 aromatic rings. The lowest BCUT2D eigenvalue weighted by atomic mass is 9.83. The summed E-state index contributed by atoms with van der Waals surface area (Å²) in [5.41, 5.74) is 18.8. The van der Waals surface area contributed by atoms with Gasteiger partial charge in [-0.3, -0.25) is 24.5 Å². The van der Waals surface area contributed by atoms with Crippen LogP contribution in [0, 0.1) is 17.8 Å². The Morgan fingerprint density at radius 1 is 0.947 bits per heavy atom. The molecule has 0 bridgehead atoms. The van der Waals surface area contributed by atoms with E-state index in [1.807, 2.05) is 58.9 Å².